The van der Waals surface area contributed by atoms with Gasteiger partial charge in [-0.3, -0.25) is 0 Å². The second-order valence-electron chi connectivity index (χ2n) is 7.81. The van der Waals surface area contributed by atoms with Gasteiger partial charge in [-0.1, -0.05) is 24.3 Å². The first-order valence-corrected chi connectivity index (χ1v) is 10.4. The molecule has 3 rings (SSSR count). The summed E-state index contributed by atoms with van der Waals surface area (Å²) < 4.78 is 27.3. The van der Waals surface area contributed by atoms with Gasteiger partial charge in [0.05, 0.1) is 0 Å². The zero-order valence-corrected chi connectivity index (χ0v) is 17.9. The number of benzene rings is 2. The molecule has 0 saturated carbocycles. The number of carbonyl (C=O) groups is 2. The van der Waals surface area contributed by atoms with Gasteiger partial charge >= 0.3 is 12.1 Å². The molecule has 0 atom stereocenters. The monoisotopic (exact) mass is 430 g/mol. The van der Waals surface area contributed by atoms with Gasteiger partial charge in [0.15, 0.2) is 0 Å². The Hall–Kier alpha value is -3.16. The fraction of sp³-hybridized carbons (Fsp3) is 0.391. The summed E-state index contributed by atoms with van der Waals surface area (Å²) in [5.41, 5.74) is 2.52. The molecule has 0 radical (unpaired) electrons. The summed E-state index contributed by atoms with van der Waals surface area (Å²) in [5.74, 6) is -0.590. The molecule has 1 fully saturated rings. The van der Waals surface area contributed by atoms with Crippen LogP contribution >= 0.6 is 0 Å². The third kappa shape index (κ3) is 6.16. The fourth-order valence-electron chi connectivity index (χ4n) is 3.40. The first kappa shape index (κ1) is 22.5. The van der Waals surface area contributed by atoms with Crippen LogP contribution in [0.1, 0.15) is 28.7 Å². The third-order valence-corrected chi connectivity index (χ3v) is 5.43. The van der Waals surface area contributed by atoms with Crippen molar-refractivity contribution in [3.8, 4) is 0 Å². The fourth-order valence-corrected chi connectivity index (χ4v) is 3.40. The average molecular weight is 430 g/mol. The molecule has 6 nitrogen and oxygen atoms in total. The first-order chi connectivity index (χ1) is 14.8. The Morgan fingerprint density at radius 2 is 1.19 bits per heavy atom. The molecule has 166 valence electrons. The van der Waals surface area contributed by atoms with E-state index in [0.717, 1.165) is 0 Å². The van der Waals surface area contributed by atoms with Crippen LogP contribution in [0.15, 0.2) is 36.4 Å². The van der Waals surface area contributed by atoms with Crippen LogP contribution in [0.4, 0.5) is 18.4 Å². The Balaban J connectivity index is 1.46. The van der Waals surface area contributed by atoms with Gasteiger partial charge in [-0.05, 0) is 54.7 Å². The summed E-state index contributed by atoms with van der Waals surface area (Å²) in [6, 6.07) is 9.31. The van der Waals surface area contributed by atoms with Crippen molar-refractivity contribution in [1.29, 1.82) is 0 Å². The van der Waals surface area contributed by atoms with Crippen molar-refractivity contribution in [2.75, 3.05) is 26.2 Å². The van der Waals surface area contributed by atoms with Gasteiger partial charge in [-0.15, -0.1) is 0 Å². The highest BCUT2D eigenvalue weighted by atomic mass is 19.1. The lowest BCUT2D eigenvalue weighted by molar-refractivity contribution is 0.190. The molecule has 8 heteroatoms. The number of rotatable bonds is 4. The van der Waals surface area contributed by atoms with Crippen LogP contribution in [0.3, 0.4) is 0 Å². The molecular weight excluding hydrogens is 402 g/mol. The van der Waals surface area contributed by atoms with Gasteiger partial charge in [0, 0.05) is 39.3 Å². The topological polar surface area (TPSA) is 64.7 Å². The Labute approximate surface area is 181 Å². The van der Waals surface area contributed by atoms with Crippen molar-refractivity contribution in [3.05, 3.63) is 70.3 Å². The average Bonchev–Trinajstić information content (AvgIpc) is 3.01. The number of halogens is 2. The molecule has 2 N–H and O–H groups in total. The van der Waals surface area contributed by atoms with Gasteiger partial charge in [0.1, 0.15) is 11.6 Å². The molecular formula is C23H28F2N4O2. The molecule has 2 aromatic rings. The summed E-state index contributed by atoms with van der Waals surface area (Å²) in [6.45, 7) is 5.73. The second-order valence-corrected chi connectivity index (χ2v) is 7.81. The molecule has 0 aliphatic carbocycles. The molecule has 31 heavy (non-hydrogen) atoms. The lowest BCUT2D eigenvalue weighted by atomic mass is 10.1. The summed E-state index contributed by atoms with van der Waals surface area (Å²) in [4.78, 5) is 28.3. The number of hydrogen-bond acceptors (Lipinski definition) is 2. The molecule has 2 aromatic carbocycles. The quantitative estimate of drug-likeness (QED) is 0.777. The highest BCUT2D eigenvalue weighted by molar-refractivity contribution is 5.76. The van der Waals surface area contributed by atoms with E-state index >= 15 is 0 Å². The maximum atomic E-state index is 13.7. The van der Waals surface area contributed by atoms with E-state index in [-0.39, 0.29) is 36.8 Å². The van der Waals surface area contributed by atoms with Gasteiger partial charge < -0.3 is 20.4 Å². The largest absolute Gasteiger partial charge is 0.334 e. The molecule has 0 unspecified atom stereocenters. The summed E-state index contributed by atoms with van der Waals surface area (Å²) >= 11 is 0. The van der Waals surface area contributed by atoms with Crippen molar-refractivity contribution >= 4 is 12.1 Å². The summed E-state index contributed by atoms with van der Waals surface area (Å²) in [5, 5.41) is 5.62. The standard InChI is InChI=1S/C23H28F2N4O2/c1-16-4-6-18(12-20(16)24)14-26-22(30)28-8-3-9-29(11-10-28)23(31)27-15-19-7-5-17(2)21(25)13-19/h4-7,12-13H,3,8-11,14-15H2,1-2H3,(H,26,30)(H,27,31). The van der Waals surface area contributed by atoms with Crippen LogP contribution in [-0.2, 0) is 13.1 Å². The third-order valence-electron chi connectivity index (χ3n) is 5.43. The molecule has 1 aliphatic heterocycles. The van der Waals surface area contributed by atoms with Crippen molar-refractivity contribution in [2.45, 2.75) is 33.4 Å². The van der Waals surface area contributed by atoms with E-state index in [2.05, 4.69) is 10.6 Å². The molecule has 1 heterocycles. The molecule has 1 saturated heterocycles. The lowest BCUT2D eigenvalue weighted by Crippen LogP contribution is -2.44. The normalized spacial score (nSPS) is 14.2. The van der Waals surface area contributed by atoms with Crippen LogP contribution in [0.25, 0.3) is 0 Å². The van der Waals surface area contributed by atoms with E-state index in [1.807, 2.05) is 0 Å². The number of nitrogens with zero attached hydrogens (tertiary/aromatic N) is 2. The zero-order valence-electron chi connectivity index (χ0n) is 17.9. The van der Waals surface area contributed by atoms with E-state index in [0.29, 0.717) is 54.9 Å². The minimum atomic E-state index is -0.295. The minimum Gasteiger partial charge on any atom is -0.334 e. The molecule has 0 aromatic heterocycles. The highest BCUT2D eigenvalue weighted by Crippen LogP contribution is 2.11. The van der Waals surface area contributed by atoms with Crippen molar-refractivity contribution < 1.29 is 18.4 Å². The smallest absolute Gasteiger partial charge is 0.317 e. The number of nitrogens with one attached hydrogen (secondary N) is 2. The van der Waals surface area contributed by atoms with E-state index in [9.17, 15) is 18.4 Å². The zero-order chi connectivity index (χ0) is 22.4. The van der Waals surface area contributed by atoms with Crippen LogP contribution in [-0.4, -0.2) is 48.0 Å². The number of hydrogen-bond donors (Lipinski definition) is 2. The predicted octanol–water partition coefficient (Wildman–Crippen LogP) is 3.71. The highest BCUT2D eigenvalue weighted by Gasteiger charge is 2.22. The molecule has 1 aliphatic rings. The van der Waals surface area contributed by atoms with Gasteiger partial charge in [-0.2, -0.15) is 0 Å². The molecule has 4 amide bonds. The molecule has 0 bridgehead atoms. The van der Waals surface area contributed by atoms with Gasteiger partial charge in [0.25, 0.3) is 0 Å². The number of aryl methyl sites for hydroxylation is 2. The van der Waals surface area contributed by atoms with E-state index < -0.39 is 0 Å². The maximum Gasteiger partial charge on any atom is 0.317 e. The number of carbonyl (C=O) groups excluding carboxylic acids is 2. The van der Waals surface area contributed by atoms with Crippen LogP contribution in [0, 0.1) is 25.5 Å². The predicted molar refractivity (Wildman–Crippen MR) is 115 cm³/mol. The van der Waals surface area contributed by atoms with Crippen molar-refractivity contribution in [1.82, 2.24) is 20.4 Å². The maximum absolute atomic E-state index is 13.7. The van der Waals surface area contributed by atoms with Crippen LogP contribution < -0.4 is 10.6 Å². The van der Waals surface area contributed by atoms with E-state index in [1.54, 1.807) is 47.9 Å². The summed E-state index contributed by atoms with van der Waals surface area (Å²) in [7, 11) is 0. The van der Waals surface area contributed by atoms with E-state index in [1.165, 1.54) is 12.1 Å². The van der Waals surface area contributed by atoms with Crippen LogP contribution in [0.2, 0.25) is 0 Å². The number of amides is 4. The Morgan fingerprint density at radius 3 is 1.58 bits per heavy atom. The van der Waals surface area contributed by atoms with Gasteiger partial charge in [0.2, 0.25) is 0 Å². The van der Waals surface area contributed by atoms with Gasteiger partial charge in [-0.25, -0.2) is 18.4 Å². The summed E-state index contributed by atoms with van der Waals surface area (Å²) in [6.07, 6.45) is 0.652. The minimum absolute atomic E-state index is 0.238. The second kappa shape index (κ2) is 10.2. The lowest BCUT2D eigenvalue weighted by Gasteiger charge is -2.23. The molecule has 0 spiro atoms. The Morgan fingerprint density at radius 1 is 0.774 bits per heavy atom. The van der Waals surface area contributed by atoms with Crippen molar-refractivity contribution in [3.63, 3.8) is 0 Å². The number of urea groups is 2. The first-order valence-electron chi connectivity index (χ1n) is 10.4. The Bertz CT molecular complexity index is 876. The van der Waals surface area contributed by atoms with E-state index in [4.69, 9.17) is 0 Å². The Kier molecular flexibility index (Phi) is 7.44. The van der Waals surface area contributed by atoms with Crippen LogP contribution in [0.5, 0.6) is 0 Å². The van der Waals surface area contributed by atoms with Crippen molar-refractivity contribution in [2.24, 2.45) is 0 Å². The SMILES string of the molecule is Cc1ccc(CNC(=O)N2CCCN(C(=O)NCc3ccc(C)c(F)c3)CC2)cc1F.